The third kappa shape index (κ3) is 3.99. The number of sulfone groups is 1. The number of ether oxygens (including phenoxy) is 2. The van der Waals surface area contributed by atoms with Crippen LogP contribution in [0.15, 0.2) is 47.4 Å². The number of carbonyl (C=O) groups is 1. The quantitative estimate of drug-likeness (QED) is 0.699. The van der Waals surface area contributed by atoms with Crippen LogP contribution in [0.2, 0.25) is 5.02 Å². The summed E-state index contributed by atoms with van der Waals surface area (Å²) in [6, 6.07) is 8.23. The number of carbonyl (C=O) groups excluding carboxylic acids is 1. The lowest BCUT2D eigenvalue weighted by molar-refractivity contribution is -0.142. The molecule has 0 saturated heterocycles. The minimum absolute atomic E-state index is 0.00000772. The molecule has 0 amide bonds. The zero-order valence-electron chi connectivity index (χ0n) is 14.7. The molecule has 0 bridgehead atoms. The summed E-state index contributed by atoms with van der Waals surface area (Å²) in [5.74, 6) is -1.57. The number of esters is 1. The fourth-order valence-electron chi connectivity index (χ4n) is 2.64. The van der Waals surface area contributed by atoms with Crippen molar-refractivity contribution in [3.05, 3.63) is 58.9 Å². The van der Waals surface area contributed by atoms with Gasteiger partial charge in [0.05, 0.1) is 15.5 Å². The van der Waals surface area contributed by atoms with Gasteiger partial charge in [0.15, 0.2) is 21.4 Å². The van der Waals surface area contributed by atoms with Crippen LogP contribution in [0.5, 0.6) is 11.5 Å². The van der Waals surface area contributed by atoms with Crippen molar-refractivity contribution in [2.45, 2.75) is 24.3 Å². The van der Waals surface area contributed by atoms with Crippen LogP contribution in [0.4, 0.5) is 4.39 Å². The van der Waals surface area contributed by atoms with Gasteiger partial charge in [0.1, 0.15) is 11.4 Å². The molecule has 1 aliphatic heterocycles. The van der Waals surface area contributed by atoms with Crippen molar-refractivity contribution in [3.8, 4) is 11.5 Å². The maximum Gasteiger partial charge on any atom is 0.339 e. The zero-order valence-corrected chi connectivity index (χ0v) is 16.3. The molecule has 0 saturated carbocycles. The van der Waals surface area contributed by atoms with Gasteiger partial charge >= 0.3 is 5.97 Å². The highest BCUT2D eigenvalue weighted by Crippen LogP contribution is 2.39. The number of hydrogen-bond acceptors (Lipinski definition) is 5. The molecule has 0 radical (unpaired) electrons. The molecule has 0 N–H and O–H groups in total. The molecule has 3 rings (SSSR count). The molecule has 1 aliphatic rings. The van der Waals surface area contributed by atoms with Gasteiger partial charge in [-0.1, -0.05) is 17.7 Å². The van der Waals surface area contributed by atoms with Gasteiger partial charge in [-0.2, -0.15) is 0 Å². The Morgan fingerprint density at radius 1 is 1.15 bits per heavy atom. The smallest absolute Gasteiger partial charge is 0.339 e. The van der Waals surface area contributed by atoms with Crippen molar-refractivity contribution in [2.24, 2.45) is 0 Å². The molecule has 5 nitrogen and oxygen atoms in total. The summed E-state index contributed by atoms with van der Waals surface area (Å²) < 4.78 is 48.9. The van der Waals surface area contributed by atoms with Crippen LogP contribution in [0.1, 0.15) is 19.4 Å². The SMILES string of the molecule is CC1(C)C=C(c2ccc(S(C)(=O)=O)cc2Oc2cccc(Cl)c2F)C(=O)O1. The largest absolute Gasteiger partial charge is 0.454 e. The fourth-order valence-corrected chi connectivity index (χ4v) is 3.44. The molecule has 27 heavy (non-hydrogen) atoms. The Morgan fingerprint density at radius 3 is 2.44 bits per heavy atom. The standard InChI is InChI=1S/C19H16ClFO5S/c1-19(2)10-13(18(22)26-19)12-8-7-11(27(3,23)24)9-16(12)25-15-6-4-5-14(20)17(15)21/h4-10H,1-3H3. The Labute approximate surface area is 161 Å². The van der Waals surface area contributed by atoms with Gasteiger partial charge in [0.2, 0.25) is 0 Å². The first-order valence-electron chi connectivity index (χ1n) is 7.90. The van der Waals surface area contributed by atoms with Crippen LogP contribution in [-0.4, -0.2) is 26.2 Å². The van der Waals surface area contributed by atoms with Crippen molar-refractivity contribution >= 4 is 33.0 Å². The van der Waals surface area contributed by atoms with E-state index in [-0.39, 0.29) is 32.6 Å². The van der Waals surface area contributed by atoms with Crippen molar-refractivity contribution < 1.29 is 27.1 Å². The number of cyclic esters (lactones) is 1. The second-order valence-electron chi connectivity index (χ2n) is 6.64. The molecule has 0 unspecified atom stereocenters. The van der Waals surface area contributed by atoms with E-state index < -0.39 is 27.2 Å². The molecule has 0 fully saturated rings. The molecule has 2 aromatic rings. The molecule has 142 valence electrons. The number of hydrogen-bond donors (Lipinski definition) is 0. The average molecular weight is 411 g/mol. The highest BCUT2D eigenvalue weighted by Gasteiger charge is 2.34. The van der Waals surface area contributed by atoms with Crippen molar-refractivity contribution in [1.29, 1.82) is 0 Å². The highest BCUT2D eigenvalue weighted by molar-refractivity contribution is 7.90. The topological polar surface area (TPSA) is 69.7 Å². The molecular weight excluding hydrogens is 395 g/mol. The van der Waals surface area contributed by atoms with E-state index in [4.69, 9.17) is 21.1 Å². The van der Waals surface area contributed by atoms with Gasteiger partial charge in [-0.05, 0) is 44.2 Å². The van der Waals surface area contributed by atoms with Crippen LogP contribution in [0, 0.1) is 5.82 Å². The summed E-state index contributed by atoms with van der Waals surface area (Å²) in [7, 11) is -3.55. The monoisotopic (exact) mass is 410 g/mol. The fraction of sp³-hybridized carbons (Fsp3) is 0.211. The van der Waals surface area contributed by atoms with Crippen molar-refractivity contribution in [3.63, 3.8) is 0 Å². The molecule has 2 aromatic carbocycles. The van der Waals surface area contributed by atoms with E-state index in [9.17, 15) is 17.6 Å². The number of rotatable bonds is 4. The van der Waals surface area contributed by atoms with E-state index in [0.29, 0.717) is 0 Å². The molecule has 8 heteroatoms. The van der Waals surface area contributed by atoms with Gasteiger partial charge in [-0.25, -0.2) is 17.6 Å². The number of halogens is 2. The Kier molecular flexibility index (Phi) is 4.78. The first-order valence-corrected chi connectivity index (χ1v) is 10.2. The van der Waals surface area contributed by atoms with E-state index in [1.54, 1.807) is 19.9 Å². The Bertz CT molecular complexity index is 1070. The molecule has 1 heterocycles. The van der Waals surface area contributed by atoms with E-state index >= 15 is 0 Å². The lowest BCUT2D eigenvalue weighted by atomic mass is 10.0. The molecule has 0 aromatic heterocycles. The second-order valence-corrected chi connectivity index (χ2v) is 9.06. The normalized spacial score (nSPS) is 16.0. The third-order valence-corrected chi connectivity index (χ3v) is 5.28. The van der Waals surface area contributed by atoms with Gasteiger partial charge in [0, 0.05) is 17.9 Å². The van der Waals surface area contributed by atoms with Crippen LogP contribution >= 0.6 is 11.6 Å². The van der Waals surface area contributed by atoms with Crippen LogP contribution in [-0.2, 0) is 19.4 Å². The lowest BCUT2D eigenvalue weighted by Crippen LogP contribution is -2.17. The van der Waals surface area contributed by atoms with Crippen LogP contribution < -0.4 is 4.74 Å². The zero-order chi connectivity index (χ0) is 20.0. The maximum absolute atomic E-state index is 14.2. The van der Waals surface area contributed by atoms with Gasteiger partial charge in [0.25, 0.3) is 0 Å². The number of benzene rings is 2. The van der Waals surface area contributed by atoms with Crippen molar-refractivity contribution in [1.82, 2.24) is 0 Å². The molecule has 0 atom stereocenters. The Hall–Kier alpha value is -2.38. The van der Waals surface area contributed by atoms with Gasteiger partial charge in [-0.15, -0.1) is 0 Å². The van der Waals surface area contributed by atoms with Crippen LogP contribution in [0.25, 0.3) is 5.57 Å². The predicted molar refractivity (Wildman–Crippen MR) is 99.2 cm³/mol. The minimum Gasteiger partial charge on any atom is -0.454 e. The average Bonchev–Trinajstić information content (AvgIpc) is 2.83. The molecular formula is C19H16ClFO5S. The lowest BCUT2D eigenvalue weighted by Gasteiger charge is -2.13. The van der Waals surface area contributed by atoms with Crippen LogP contribution in [0.3, 0.4) is 0 Å². The summed E-state index contributed by atoms with van der Waals surface area (Å²) in [6.45, 7) is 3.42. The van der Waals surface area contributed by atoms with E-state index in [0.717, 1.165) is 6.26 Å². The first kappa shape index (κ1) is 19.4. The van der Waals surface area contributed by atoms with E-state index in [2.05, 4.69) is 0 Å². The maximum atomic E-state index is 14.2. The van der Waals surface area contributed by atoms with Gasteiger partial charge in [-0.3, -0.25) is 0 Å². The third-order valence-electron chi connectivity index (χ3n) is 3.88. The van der Waals surface area contributed by atoms with E-state index in [1.165, 1.54) is 36.4 Å². The summed E-state index contributed by atoms with van der Waals surface area (Å²) in [6.07, 6.45) is 2.64. The van der Waals surface area contributed by atoms with Gasteiger partial charge < -0.3 is 9.47 Å². The highest BCUT2D eigenvalue weighted by atomic mass is 35.5. The first-order chi connectivity index (χ1) is 12.5. The minimum atomic E-state index is -3.55. The van der Waals surface area contributed by atoms with Crippen molar-refractivity contribution in [2.75, 3.05) is 6.26 Å². The molecule has 0 spiro atoms. The second kappa shape index (κ2) is 6.65. The summed E-state index contributed by atoms with van der Waals surface area (Å²) in [4.78, 5) is 12.2. The summed E-state index contributed by atoms with van der Waals surface area (Å²) in [5.41, 5.74) is -0.324. The predicted octanol–water partition coefficient (Wildman–Crippen LogP) is 4.39. The Balaban J connectivity index is 2.17. The van der Waals surface area contributed by atoms with E-state index in [1.807, 2.05) is 0 Å². The summed E-state index contributed by atoms with van der Waals surface area (Å²) in [5, 5.41) is -0.144. The molecule has 0 aliphatic carbocycles. The Morgan fingerprint density at radius 2 is 1.85 bits per heavy atom. The summed E-state index contributed by atoms with van der Waals surface area (Å²) >= 11 is 5.78.